The molecule has 0 unspecified atom stereocenters. The molecule has 0 bridgehead atoms. The Labute approximate surface area is 127 Å². The molecule has 1 saturated heterocycles. The van der Waals surface area contributed by atoms with Crippen molar-refractivity contribution in [2.75, 3.05) is 19.3 Å². The third kappa shape index (κ3) is 3.01. The second-order valence-corrected chi connectivity index (χ2v) is 8.73. The Morgan fingerprint density at radius 1 is 1.23 bits per heavy atom. The molecule has 1 spiro atoms. The van der Waals surface area contributed by atoms with Crippen LogP contribution in [-0.2, 0) is 22.4 Å². The van der Waals surface area contributed by atoms with Crippen LogP contribution in [0, 0.1) is 11.3 Å². The van der Waals surface area contributed by atoms with Gasteiger partial charge in [0, 0.05) is 19.3 Å². The number of alkyl halides is 3. The summed E-state index contributed by atoms with van der Waals surface area (Å²) in [4.78, 5) is -0.253. The van der Waals surface area contributed by atoms with E-state index in [1.165, 1.54) is 6.07 Å². The second kappa shape index (κ2) is 4.96. The fourth-order valence-corrected chi connectivity index (χ4v) is 4.27. The highest BCUT2D eigenvalue weighted by Crippen LogP contribution is 2.49. The van der Waals surface area contributed by atoms with Gasteiger partial charge in [0.05, 0.1) is 10.5 Å². The first-order chi connectivity index (χ1) is 10.1. The molecule has 1 aromatic carbocycles. The lowest BCUT2D eigenvalue weighted by atomic mass is 9.57. The first kappa shape index (κ1) is 15.8. The Morgan fingerprint density at radius 2 is 1.86 bits per heavy atom. The smallest absolute Gasteiger partial charge is 0.316 e. The molecule has 2 fully saturated rings. The molecule has 0 atom stereocenters. The van der Waals surface area contributed by atoms with Crippen LogP contribution in [-0.4, -0.2) is 27.8 Å². The number of hydrogen-bond donors (Lipinski definition) is 1. The van der Waals surface area contributed by atoms with Crippen molar-refractivity contribution in [3.05, 3.63) is 29.3 Å². The maximum Gasteiger partial charge on any atom is 0.416 e. The fourth-order valence-electron chi connectivity index (χ4n) is 3.57. The predicted molar refractivity (Wildman–Crippen MR) is 76.3 cm³/mol. The summed E-state index contributed by atoms with van der Waals surface area (Å²) in [6.45, 7) is 1.97. The lowest BCUT2D eigenvalue weighted by Gasteiger charge is -2.54. The van der Waals surface area contributed by atoms with Crippen LogP contribution in [0.1, 0.15) is 24.0 Å². The third-order valence-electron chi connectivity index (χ3n) is 4.69. The van der Waals surface area contributed by atoms with Crippen LogP contribution < -0.4 is 5.32 Å². The Bertz CT molecular complexity index is 685. The summed E-state index contributed by atoms with van der Waals surface area (Å²) in [6, 6.07) is 3.18. The summed E-state index contributed by atoms with van der Waals surface area (Å²) in [5, 5.41) is 3.22. The van der Waals surface area contributed by atoms with E-state index in [0.29, 0.717) is 23.3 Å². The zero-order chi connectivity index (χ0) is 16.2. The molecule has 1 heterocycles. The normalized spacial score (nSPS) is 21.5. The Morgan fingerprint density at radius 3 is 2.32 bits per heavy atom. The molecular formula is C15H18F3NO2S. The van der Waals surface area contributed by atoms with Gasteiger partial charge in [0.2, 0.25) is 0 Å². The van der Waals surface area contributed by atoms with Crippen molar-refractivity contribution >= 4 is 9.84 Å². The van der Waals surface area contributed by atoms with Crippen molar-refractivity contribution in [1.29, 1.82) is 0 Å². The average molecular weight is 333 g/mol. The van der Waals surface area contributed by atoms with Gasteiger partial charge in [-0.1, -0.05) is 0 Å². The van der Waals surface area contributed by atoms with Gasteiger partial charge in [-0.15, -0.1) is 0 Å². The maximum atomic E-state index is 13.0. The molecule has 122 valence electrons. The van der Waals surface area contributed by atoms with Crippen LogP contribution >= 0.6 is 0 Å². The average Bonchev–Trinajstić information content (AvgIpc) is 2.28. The number of nitrogens with one attached hydrogen (secondary N) is 1. The van der Waals surface area contributed by atoms with Gasteiger partial charge in [0.25, 0.3) is 0 Å². The van der Waals surface area contributed by atoms with E-state index in [1.54, 1.807) is 0 Å². The Hall–Kier alpha value is -1.08. The van der Waals surface area contributed by atoms with E-state index in [9.17, 15) is 21.6 Å². The van der Waals surface area contributed by atoms with Gasteiger partial charge in [-0.05, 0) is 54.4 Å². The van der Waals surface area contributed by atoms with Crippen LogP contribution in [0.25, 0.3) is 0 Å². The molecule has 3 nitrogen and oxygen atoms in total. The number of benzene rings is 1. The molecule has 2 aliphatic rings. The van der Waals surface area contributed by atoms with E-state index in [2.05, 4.69) is 5.32 Å². The zero-order valence-electron chi connectivity index (χ0n) is 12.2. The van der Waals surface area contributed by atoms with Crippen LogP contribution in [0.5, 0.6) is 0 Å². The van der Waals surface area contributed by atoms with Gasteiger partial charge in [0.1, 0.15) is 0 Å². The van der Waals surface area contributed by atoms with Crippen molar-refractivity contribution in [2.24, 2.45) is 11.3 Å². The van der Waals surface area contributed by atoms with E-state index in [1.807, 2.05) is 0 Å². The summed E-state index contributed by atoms with van der Waals surface area (Å²) in [7, 11) is -3.66. The van der Waals surface area contributed by atoms with Crippen molar-refractivity contribution in [2.45, 2.75) is 30.3 Å². The molecular weight excluding hydrogens is 315 g/mol. The molecule has 7 heteroatoms. The van der Waals surface area contributed by atoms with Gasteiger partial charge < -0.3 is 5.32 Å². The lowest BCUT2D eigenvalue weighted by molar-refractivity contribution is -0.137. The largest absolute Gasteiger partial charge is 0.416 e. The first-order valence-corrected chi connectivity index (χ1v) is 9.09. The summed E-state index contributed by atoms with van der Waals surface area (Å²) in [5.41, 5.74) is -0.0708. The van der Waals surface area contributed by atoms with Crippen molar-refractivity contribution in [3.63, 3.8) is 0 Å². The molecule has 0 amide bonds. The standard InChI is InChI=1S/C15H18F3NO2S/c1-22(20,21)13-4-10(3-12(5-13)15(16,17)18)2-11-6-14(7-11)8-19-9-14/h3-5,11,19H,2,6-9H2,1H3. The van der Waals surface area contributed by atoms with Gasteiger partial charge in [-0.25, -0.2) is 8.42 Å². The van der Waals surface area contributed by atoms with Crippen LogP contribution in [0.3, 0.4) is 0 Å². The van der Waals surface area contributed by atoms with E-state index in [0.717, 1.165) is 44.3 Å². The SMILES string of the molecule is CS(=O)(=O)c1cc(CC2CC3(CNC3)C2)cc(C(F)(F)F)c1. The molecule has 0 aromatic heterocycles. The highest BCUT2D eigenvalue weighted by Gasteiger charge is 2.48. The number of halogens is 3. The van der Waals surface area contributed by atoms with Gasteiger partial charge in [-0.3, -0.25) is 0 Å². The van der Waals surface area contributed by atoms with Crippen molar-refractivity contribution in [3.8, 4) is 0 Å². The van der Waals surface area contributed by atoms with E-state index < -0.39 is 21.6 Å². The Kier molecular flexibility index (Phi) is 3.56. The number of rotatable bonds is 3. The van der Waals surface area contributed by atoms with Crippen LogP contribution in [0.15, 0.2) is 23.1 Å². The minimum absolute atomic E-state index is 0.253. The third-order valence-corrected chi connectivity index (χ3v) is 5.78. The second-order valence-electron chi connectivity index (χ2n) is 6.72. The minimum Gasteiger partial charge on any atom is -0.316 e. The molecule has 1 aromatic rings. The summed E-state index contributed by atoms with van der Waals surface area (Å²) < 4.78 is 62.1. The summed E-state index contributed by atoms with van der Waals surface area (Å²) >= 11 is 0. The quantitative estimate of drug-likeness (QED) is 0.925. The summed E-state index contributed by atoms with van der Waals surface area (Å²) in [5.74, 6) is 0.345. The predicted octanol–water partition coefficient (Wildman–Crippen LogP) is 2.65. The van der Waals surface area contributed by atoms with E-state index in [4.69, 9.17) is 0 Å². The zero-order valence-corrected chi connectivity index (χ0v) is 13.0. The fraction of sp³-hybridized carbons (Fsp3) is 0.600. The molecule has 22 heavy (non-hydrogen) atoms. The highest BCUT2D eigenvalue weighted by atomic mass is 32.2. The summed E-state index contributed by atoms with van der Waals surface area (Å²) in [6.07, 6.45) is -1.08. The Balaban J connectivity index is 1.83. The molecule has 3 rings (SSSR count). The van der Waals surface area contributed by atoms with Gasteiger partial charge >= 0.3 is 6.18 Å². The molecule has 1 aliphatic heterocycles. The molecule has 1 saturated carbocycles. The highest BCUT2D eigenvalue weighted by molar-refractivity contribution is 7.90. The lowest BCUT2D eigenvalue weighted by Crippen LogP contribution is -2.60. The van der Waals surface area contributed by atoms with E-state index >= 15 is 0 Å². The molecule has 1 aliphatic carbocycles. The topological polar surface area (TPSA) is 46.2 Å². The van der Waals surface area contributed by atoms with Crippen molar-refractivity contribution < 1.29 is 21.6 Å². The number of hydrogen-bond acceptors (Lipinski definition) is 3. The van der Waals surface area contributed by atoms with Gasteiger partial charge in [0.15, 0.2) is 9.84 Å². The number of sulfone groups is 1. The molecule has 0 radical (unpaired) electrons. The van der Waals surface area contributed by atoms with E-state index in [-0.39, 0.29) is 4.90 Å². The van der Waals surface area contributed by atoms with Crippen LogP contribution in [0.2, 0.25) is 0 Å². The van der Waals surface area contributed by atoms with Gasteiger partial charge in [-0.2, -0.15) is 13.2 Å². The maximum absolute atomic E-state index is 13.0. The molecule has 1 N–H and O–H groups in total. The monoisotopic (exact) mass is 333 g/mol. The van der Waals surface area contributed by atoms with Crippen LogP contribution in [0.4, 0.5) is 13.2 Å². The minimum atomic E-state index is -4.53. The first-order valence-electron chi connectivity index (χ1n) is 7.19. The van der Waals surface area contributed by atoms with Crippen molar-refractivity contribution in [1.82, 2.24) is 5.32 Å².